The van der Waals surface area contributed by atoms with Crippen molar-refractivity contribution in [1.82, 2.24) is 10.3 Å². The van der Waals surface area contributed by atoms with Gasteiger partial charge in [0.2, 0.25) is 0 Å². The molecule has 3 heteroatoms. The van der Waals surface area contributed by atoms with E-state index in [1.807, 2.05) is 6.20 Å². The maximum Gasteiger partial charge on any atom is 0.128 e. The third-order valence-electron chi connectivity index (χ3n) is 3.53. The molecule has 1 aromatic rings. The molecule has 0 saturated carbocycles. The van der Waals surface area contributed by atoms with Gasteiger partial charge in [-0.05, 0) is 37.4 Å². The van der Waals surface area contributed by atoms with Crippen molar-refractivity contribution in [1.29, 1.82) is 0 Å². The van der Waals surface area contributed by atoms with Crippen LogP contribution in [-0.2, 0) is 0 Å². The van der Waals surface area contributed by atoms with E-state index in [0.717, 1.165) is 31.4 Å². The van der Waals surface area contributed by atoms with Crippen molar-refractivity contribution in [3.8, 4) is 0 Å². The molecule has 1 N–H and O–H groups in total. The lowest BCUT2D eigenvalue weighted by atomic mass is 10.1. The minimum absolute atomic E-state index is 0.388. The van der Waals surface area contributed by atoms with Crippen molar-refractivity contribution >= 4 is 5.82 Å². The Bertz CT molecular complexity index is 347. The lowest BCUT2D eigenvalue weighted by Crippen LogP contribution is -2.21. The van der Waals surface area contributed by atoms with Gasteiger partial charge in [0.1, 0.15) is 5.82 Å². The van der Waals surface area contributed by atoms with E-state index in [-0.39, 0.29) is 0 Å². The normalized spacial score (nSPS) is 21.8. The molecule has 0 aromatic carbocycles. The lowest BCUT2D eigenvalue weighted by Gasteiger charge is -2.18. The second-order valence-electron chi connectivity index (χ2n) is 5.07. The summed E-state index contributed by atoms with van der Waals surface area (Å²) < 4.78 is 0. The van der Waals surface area contributed by atoms with Crippen LogP contribution in [0.1, 0.15) is 38.8 Å². The van der Waals surface area contributed by atoms with E-state index in [9.17, 15) is 0 Å². The highest BCUT2D eigenvalue weighted by Crippen LogP contribution is 2.22. The summed E-state index contributed by atoms with van der Waals surface area (Å²) in [5.74, 6) is 1.93. The van der Waals surface area contributed by atoms with E-state index >= 15 is 0 Å². The first-order valence-corrected chi connectivity index (χ1v) is 6.65. The van der Waals surface area contributed by atoms with Crippen LogP contribution in [0.25, 0.3) is 0 Å². The number of nitrogens with one attached hydrogen (secondary N) is 1. The van der Waals surface area contributed by atoms with Crippen LogP contribution in [0.4, 0.5) is 5.82 Å². The zero-order chi connectivity index (χ0) is 12.3. The Morgan fingerprint density at radius 3 is 2.88 bits per heavy atom. The molecule has 2 heterocycles. The molecule has 2 unspecified atom stereocenters. The molecule has 2 atom stereocenters. The highest BCUT2D eigenvalue weighted by Gasteiger charge is 2.19. The van der Waals surface area contributed by atoms with Gasteiger partial charge in [-0.1, -0.05) is 19.9 Å². The second kappa shape index (κ2) is 5.50. The fourth-order valence-electron chi connectivity index (χ4n) is 2.41. The minimum atomic E-state index is 0.388. The predicted octanol–water partition coefficient (Wildman–Crippen LogP) is 2.60. The maximum absolute atomic E-state index is 4.58. The molecule has 0 aliphatic carbocycles. The number of hydrogen-bond acceptors (Lipinski definition) is 3. The highest BCUT2D eigenvalue weighted by atomic mass is 15.2. The summed E-state index contributed by atoms with van der Waals surface area (Å²) in [7, 11) is 0. The fraction of sp³-hybridized carbons (Fsp3) is 0.643. The monoisotopic (exact) mass is 233 g/mol. The summed E-state index contributed by atoms with van der Waals surface area (Å²) in [6.07, 6.45) is 3.29. The van der Waals surface area contributed by atoms with Crippen LogP contribution in [-0.4, -0.2) is 24.6 Å². The summed E-state index contributed by atoms with van der Waals surface area (Å²) in [5, 5.41) is 3.40. The van der Waals surface area contributed by atoms with Gasteiger partial charge in [-0.2, -0.15) is 0 Å². The first-order valence-electron chi connectivity index (χ1n) is 6.65. The average molecular weight is 233 g/mol. The molecular weight excluding hydrogens is 210 g/mol. The second-order valence-corrected chi connectivity index (χ2v) is 5.07. The third-order valence-corrected chi connectivity index (χ3v) is 3.53. The molecule has 3 nitrogen and oxygen atoms in total. The van der Waals surface area contributed by atoms with E-state index in [4.69, 9.17) is 0 Å². The lowest BCUT2D eigenvalue weighted by molar-refractivity contribution is 0.596. The van der Waals surface area contributed by atoms with Crippen LogP contribution in [0.15, 0.2) is 18.3 Å². The summed E-state index contributed by atoms with van der Waals surface area (Å²) in [5.41, 5.74) is 1.27. The van der Waals surface area contributed by atoms with Gasteiger partial charge in [-0.3, -0.25) is 0 Å². The van der Waals surface area contributed by atoms with Crippen LogP contribution >= 0.6 is 0 Å². The van der Waals surface area contributed by atoms with Gasteiger partial charge < -0.3 is 10.2 Å². The van der Waals surface area contributed by atoms with E-state index in [0.29, 0.717) is 6.04 Å². The number of rotatable bonds is 4. The number of anilines is 1. The van der Waals surface area contributed by atoms with Crippen molar-refractivity contribution < 1.29 is 0 Å². The highest BCUT2D eigenvalue weighted by molar-refractivity contribution is 5.40. The number of pyridine rings is 1. The zero-order valence-electron chi connectivity index (χ0n) is 11.1. The van der Waals surface area contributed by atoms with Gasteiger partial charge in [0, 0.05) is 25.3 Å². The summed E-state index contributed by atoms with van der Waals surface area (Å²) >= 11 is 0. The fourth-order valence-corrected chi connectivity index (χ4v) is 2.41. The van der Waals surface area contributed by atoms with Crippen LogP contribution in [0, 0.1) is 5.92 Å². The molecule has 0 amide bonds. The Hall–Kier alpha value is -1.09. The molecule has 1 aliphatic heterocycles. The molecule has 0 bridgehead atoms. The van der Waals surface area contributed by atoms with Crippen LogP contribution in [0.2, 0.25) is 0 Å². The molecule has 1 aromatic heterocycles. The van der Waals surface area contributed by atoms with Crippen molar-refractivity contribution in [2.24, 2.45) is 5.92 Å². The summed E-state index contributed by atoms with van der Waals surface area (Å²) in [6.45, 7) is 9.90. The molecule has 2 rings (SSSR count). The molecule has 1 aliphatic rings. The standard InChI is InChI=1S/C14H23N3/c1-4-15-12(3)13-5-6-14(16-9-13)17-8-7-11(2)10-17/h5-6,9,11-12,15H,4,7-8,10H2,1-3H3. The Balaban J connectivity index is 2.02. The molecule has 0 spiro atoms. The quantitative estimate of drug-likeness (QED) is 0.866. The van der Waals surface area contributed by atoms with Gasteiger partial charge in [0.05, 0.1) is 0 Å². The largest absolute Gasteiger partial charge is 0.356 e. The van der Waals surface area contributed by atoms with E-state index in [1.54, 1.807) is 0 Å². The van der Waals surface area contributed by atoms with Crippen LogP contribution < -0.4 is 10.2 Å². The Morgan fingerprint density at radius 1 is 1.53 bits per heavy atom. The summed E-state index contributed by atoms with van der Waals surface area (Å²) in [6, 6.07) is 4.74. The van der Waals surface area contributed by atoms with Gasteiger partial charge in [0.25, 0.3) is 0 Å². The van der Waals surface area contributed by atoms with E-state index < -0.39 is 0 Å². The SMILES string of the molecule is CCNC(C)c1ccc(N2CCC(C)C2)nc1. The minimum Gasteiger partial charge on any atom is -0.356 e. The third kappa shape index (κ3) is 2.97. The Labute approximate surface area is 104 Å². The first-order chi connectivity index (χ1) is 8.20. The molecule has 1 saturated heterocycles. The van der Waals surface area contributed by atoms with Gasteiger partial charge in [-0.25, -0.2) is 4.98 Å². The number of hydrogen-bond donors (Lipinski definition) is 1. The smallest absolute Gasteiger partial charge is 0.128 e. The molecule has 1 fully saturated rings. The van der Waals surface area contributed by atoms with Crippen molar-refractivity contribution in [2.45, 2.75) is 33.2 Å². The Kier molecular flexibility index (Phi) is 4.00. The predicted molar refractivity (Wildman–Crippen MR) is 72.3 cm³/mol. The van der Waals surface area contributed by atoms with Crippen molar-refractivity contribution in [3.05, 3.63) is 23.9 Å². The molecule has 0 radical (unpaired) electrons. The van der Waals surface area contributed by atoms with E-state index in [2.05, 4.69) is 48.1 Å². The van der Waals surface area contributed by atoms with Crippen LogP contribution in [0.3, 0.4) is 0 Å². The van der Waals surface area contributed by atoms with Crippen molar-refractivity contribution in [2.75, 3.05) is 24.5 Å². The summed E-state index contributed by atoms with van der Waals surface area (Å²) in [4.78, 5) is 6.97. The Morgan fingerprint density at radius 2 is 2.35 bits per heavy atom. The molecular formula is C14H23N3. The van der Waals surface area contributed by atoms with Crippen molar-refractivity contribution in [3.63, 3.8) is 0 Å². The number of nitrogens with zero attached hydrogens (tertiary/aromatic N) is 2. The van der Waals surface area contributed by atoms with Gasteiger partial charge in [0.15, 0.2) is 0 Å². The number of aromatic nitrogens is 1. The van der Waals surface area contributed by atoms with Gasteiger partial charge >= 0.3 is 0 Å². The first kappa shape index (κ1) is 12.4. The molecule has 94 valence electrons. The average Bonchev–Trinajstić information content (AvgIpc) is 2.76. The van der Waals surface area contributed by atoms with Crippen LogP contribution in [0.5, 0.6) is 0 Å². The molecule has 17 heavy (non-hydrogen) atoms. The zero-order valence-corrected chi connectivity index (χ0v) is 11.1. The maximum atomic E-state index is 4.58. The topological polar surface area (TPSA) is 28.2 Å². The van der Waals surface area contributed by atoms with Gasteiger partial charge in [-0.15, -0.1) is 0 Å². The van der Waals surface area contributed by atoms with E-state index in [1.165, 1.54) is 12.0 Å².